The summed E-state index contributed by atoms with van der Waals surface area (Å²) in [5, 5.41) is 4.17. The number of rotatable bonds is 6. The van der Waals surface area contributed by atoms with Crippen molar-refractivity contribution in [2.45, 2.75) is 11.4 Å². The quantitative estimate of drug-likeness (QED) is 0.489. The Morgan fingerprint density at radius 3 is 2.81 bits per heavy atom. The predicted octanol–water partition coefficient (Wildman–Crippen LogP) is 3.40. The zero-order valence-corrected chi connectivity index (χ0v) is 16.6. The number of amides is 1. The van der Waals surface area contributed by atoms with E-state index in [4.69, 9.17) is 11.6 Å². The average Bonchev–Trinajstić information content (AvgIpc) is 2.61. The van der Waals surface area contributed by atoms with Crippen LogP contribution in [-0.4, -0.2) is 30.7 Å². The maximum absolute atomic E-state index is 13.2. The summed E-state index contributed by atoms with van der Waals surface area (Å²) in [7, 11) is 1.91. The highest BCUT2D eigenvalue weighted by molar-refractivity contribution is 7.98. The van der Waals surface area contributed by atoms with E-state index in [1.807, 2.05) is 31.5 Å². The number of halogens is 2. The fourth-order valence-corrected chi connectivity index (χ4v) is 3.50. The number of thioether (sulfide) groups is 1. The normalized spacial score (nSPS) is 12.1. The van der Waals surface area contributed by atoms with Crippen molar-refractivity contribution in [3.05, 3.63) is 65.1 Å². The molecule has 0 aliphatic rings. The molecule has 27 heavy (non-hydrogen) atoms. The van der Waals surface area contributed by atoms with Crippen LogP contribution in [0, 0.1) is 5.82 Å². The first kappa shape index (κ1) is 19.6. The van der Waals surface area contributed by atoms with Gasteiger partial charge >= 0.3 is 0 Å². The minimum Gasteiger partial charge on any atom is -0.326 e. The molecule has 0 aliphatic heterocycles. The van der Waals surface area contributed by atoms with Crippen LogP contribution in [0.15, 0.2) is 53.4 Å². The van der Waals surface area contributed by atoms with Crippen molar-refractivity contribution in [1.82, 2.24) is 4.98 Å². The number of carbonyl (C=O) groups excluding carboxylic acids is 1. The number of fused-ring (bicyclic) bond motifs is 1. The smallest absolute Gasteiger partial charge is 0.279 e. The maximum atomic E-state index is 13.2. The third-order valence-electron chi connectivity index (χ3n) is 4.11. The Balaban J connectivity index is 1.67. The van der Waals surface area contributed by atoms with E-state index in [0.717, 1.165) is 26.3 Å². The fraction of sp³-hybridized carbons (Fsp3) is 0.200. The Kier molecular flexibility index (Phi) is 6.31. The number of aromatic nitrogens is 1. The van der Waals surface area contributed by atoms with Crippen LogP contribution in [-0.2, 0) is 11.3 Å². The van der Waals surface area contributed by atoms with E-state index in [0.29, 0.717) is 17.4 Å². The SMILES string of the molecule is CSc1ccc2cc(C[NH+](C)CC(=O)Nc3cccc(F)c3)c(Cl)nc2c1. The third-order valence-corrected chi connectivity index (χ3v) is 5.17. The summed E-state index contributed by atoms with van der Waals surface area (Å²) in [6.07, 6.45) is 2.02. The molecule has 7 heteroatoms. The molecule has 0 bridgehead atoms. The Hall–Kier alpha value is -2.15. The minimum atomic E-state index is -0.382. The van der Waals surface area contributed by atoms with Crippen LogP contribution < -0.4 is 10.2 Å². The van der Waals surface area contributed by atoms with Crippen molar-refractivity contribution in [3.8, 4) is 0 Å². The van der Waals surface area contributed by atoms with Gasteiger partial charge in [0.25, 0.3) is 5.91 Å². The van der Waals surface area contributed by atoms with Gasteiger partial charge in [-0.3, -0.25) is 4.79 Å². The lowest BCUT2D eigenvalue weighted by Crippen LogP contribution is -3.08. The van der Waals surface area contributed by atoms with E-state index in [1.54, 1.807) is 23.9 Å². The van der Waals surface area contributed by atoms with Crippen LogP contribution >= 0.6 is 23.4 Å². The fourth-order valence-electron chi connectivity index (χ4n) is 2.85. The number of hydrogen-bond acceptors (Lipinski definition) is 3. The molecule has 1 amide bonds. The second-order valence-corrected chi connectivity index (χ2v) is 7.60. The largest absolute Gasteiger partial charge is 0.326 e. The van der Waals surface area contributed by atoms with E-state index < -0.39 is 0 Å². The second kappa shape index (κ2) is 8.69. The number of quaternary nitrogens is 1. The highest BCUT2D eigenvalue weighted by atomic mass is 35.5. The topological polar surface area (TPSA) is 46.4 Å². The number of nitrogens with one attached hydrogen (secondary N) is 2. The van der Waals surface area contributed by atoms with Gasteiger partial charge in [-0.2, -0.15) is 0 Å². The molecule has 3 rings (SSSR count). The van der Waals surface area contributed by atoms with Crippen molar-refractivity contribution in [3.63, 3.8) is 0 Å². The molecule has 2 N–H and O–H groups in total. The summed E-state index contributed by atoms with van der Waals surface area (Å²) < 4.78 is 13.2. The van der Waals surface area contributed by atoms with Crippen molar-refractivity contribution in [1.29, 1.82) is 0 Å². The first-order valence-electron chi connectivity index (χ1n) is 8.44. The van der Waals surface area contributed by atoms with Gasteiger partial charge in [-0.15, -0.1) is 11.8 Å². The number of carbonyl (C=O) groups is 1. The lowest BCUT2D eigenvalue weighted by molar-refractivity contribution is -0.885. The molecule has 140 valence electrons. The highest BCUT2D eigenvalue weighted by Gasteiger charge is 2.14. The second-order valence-electron chi connectivity index (χ2n) is 6.37. The zero-order valence-electron chi connectivity index (χ0n) is 15.1. The molecule has 1 unspecified atom stereocenters. The van der Waals surface area contributed by atoms with Gasteiger partial charge in [-0.05, 0) is 42.7 Å². The van der Waals surface area contributed by atoms with E-state index in [-0.39, 0.29) is 18.3 Å². The molecule has 2 aromatic carbocycles. The summed E-state index contributed by atoms with van der Waals surface area (Å²) in [6.45, 7) is 0.791. The lowest BCUT2D eigenvalue weighted by Gasteiger charge is -2.15. The summed E-state index contributed by atoms with van der Waals surface area (Å²) in [5.41, 5.74) is 2.19. The molecule has 0 spiro atoms. The first-order chi connectivity index (χ1) is 12.9. The van der Waals surface area contributed by atoms with Gasteiger partial charge in [0.15, 0.2) is 6.54 Å². The van der Waals surface area contributed by atoms with Gasteiger partial charge in [0.1, 0.15) is 17.5 Å². The number of nitrogens with zero attached hydrogens (tertiary/aromatic N) is 1. The Labute approximate surface area is 166 Å². The standard InChI is InChI=1S/C20H19ClFN3OS/c1-25(12-19(26)23-16-5-3-4-15(22)9-16)11-14-8-13-6-7-17(27-2)10-18(13)24-20(14)21/h3-10H,11-12H2,1-2H3,(H,23,26)/p+1. The van der Waals surface area contributed by atoms with Crippen LogP contribution in [0.25, 0.3) is 10.9 Å². The van der Waals surface area contributed by atoms with E-state index >= 15 is 0 Å². The van der Waals surface area contributed by atoms with E-state index in [2.05, 4.69) is 16.4 Å². The van der Waals surface area contributed by atoms with Crippen LogP contribution in [0.1, 0.15) is 5.56 Å². The average molecular weight is 405 g/mol. The highest BCUT2D eigenvalue weighted by Crippen LogP contribution is 2.24. The molecule has 1 atom stereocenters. The summed E-state index contributed by atoms with van der Waals surface area (Å²) in [4.78, 5) is 18.8. The van der Waals surface area contributed by atoms with Crippen molar-refractivity contribution in [2.75, 3.05) is 25.2 Å². The van der Waals surface area contributed by atoms with Gasteiger partial charge in [0, 0.05) is 21.5 Å². The summed E-state index contributed by atoms with van der Waals surface area (Å²) >= 11 is 8.01. The Morgan fingerprint density at radius 1 is 1.26 bits per heavy atom. The summed E-state index contributed by atoms with van der Waals surface area (Å²) in [5.74, 6) is -0.570. The van der Waals surface area contributed by atoms with Crippen LogP contribution in [0.5, 0.6) is 0 Å². The molecule has 1 heterocycles. The number of anilines is 1. The summed E-state index contributed by atoms with van der Waals surface area (Å²) in [6, 6.07) is 14.0. The van der Waals surface area contributed by atoms with Crippen molar-refractivity contribution in [2.24, 2.45) is 0 Å². The zero-order chi connectivity index (χ0) is 19.4. The van der Waals surface area contributed by atoms with Gasteiger partial charge in [0.05, 0.1) is 12.6 Å². The molecule has 0 aliphatic carbocycles. The first-order valence-corrected chi connectivity index (χ1v) is 10.0. The van der Waals surface area contributed by atoms with Gasteiger partial charge in [-0.1, -0.05) is 23.7 Å². The molecular formula is C20H20ClFN3OS+. The van der Waals surface area contributed by atoms with Gasteiger partial charge in [0.2, 0.25) is 0 Å². The minimum absolute atomic E-state index is 0.187. The maximum Gasteiger partial charge on any atom is 0.279 e. The molecule has 0 saturated heterocycles. The van der Waals surface area contributed by atoms with Crippen LogP contribution in [0.3, 0.4) is 0 Å². The molecule has 0 saturated carbocycles. The Bertz CT molecular complexity index is 983. The molecule has 0 fully saturated rings. The van der Waals surface area contributed by atoms with E-state index in [1.165, 1.54) is 12.1 Å². The van der Waals surface area contributed by atoms with Crippen LogP contribution in [0.2, 0.25) is 5.15 Å². The monoisotopic (exact) mass is 404 g/mol. The third kappa shape index (κ3) is 5.19. The predicted molar refractivity (Wildman–Crippen MR) is 109 cm³/mol. The molecule has 3 aromatic rings. The number of hydrogen-bond donors (Lipinski definition) is 2. The number of benzene rings is 2. The molecule has 0 radical (unpaired) electrons. The number of likely N-dealkylation sites (N-methyl/N-ethyl adjacent to an activating group) is 1. The van der Waals surface area contributed by atoms with Crippen LogP contribution in [0.4, 0.5) is 10.1 Å². The van der Waals surface area contributed by atoms with Crippen molar-refractivity contribution >= 4 is 45.9 Å². The number of pyridine rings is 1. The van der Waals surface area contributed by atoms with Gasteiger partial charge < -0.3 is 10.2 Å². The Morgan fingerprint density at radius 2 is 2.07 bits per heavy atom. The molecular weight excluding hydrogens is 385 g/mol. The van der Waals surface area contributed by atoms with Gasteiger partial charge in [-0.25, -0.2) is 9.37 Å². The molecule has 4 nitrogen and oxygen atoms in total. The van der Waals surface area contributed by atoms with Crippen molar-refractivity contribution < 1.29 is 14.1 Å². The van der Waals surface area contributed by atoms with E-state index in [9.17, 15) is 9.18 Å². The molecule has 1 aromatic heterocycles. The lowest BCUT2D eigenvalue weighted by atomic mass is 10.1.